The van der Waals surface area contributed by atoms with Crippen LogP contribution < -0.4 is 9.47 Å². The third-order valence-corrected chi connectivity index (χ3v) is 3.55. The van der Waals surface area contributed by atoms with Crippen molar-refractivity contribution >= 4 is 5.52 Å². The largest absolute Gasteiger partial charge is 0.619 e. The number of methoxy groups -OCH3 is 1. The van der Waals surface area contributed by atoms with Crippen LogP contribution in [0.15, 0.2) is 42.7 Å². The van der Waals surface area contributed by atoms with Crippen LogP contribution in [0.1, 0.15) is 16.8 Å². The van der Waals surface area contributed by atoms with Crippen molar-refractivity contribution in [3.05, 3.63) is 64.8 Å². The van der Waals surface area contributed by atoms with E-state index in [4.69, 9.17) is 10.00 Å². The molecule has 3 aromatic heterocycles. The molecule has 0 aliphatic rings. The number of rotatable bonds is 4. The standard InChI is InChI=1S/C16H14N4O2/c1-22-16-5-4-13(15-10-14(11-17)18-20(15)16)3-2-12-6-8-19(21)9-7-12/h4-10H,2-3H2,1H3. The number of hydrogen-bond acceptors (Lipinski definition) is 4. The molecule has 6 nitrogen and oxygen atoms in total. The maximum atomic E-state index is 11.0. The maximum Gasteiger partial charge on any atom is 0.214 e. The molecule has 3 heterocycles. The van der Waals surface area contributed by atoms with E-state index in [9.17, 15) is 5.21 Å². The Hall–Kier alpha value is -3.07. The minimum absolute atomic E-state index is 0.359. The first-order chi connectivity index (χ1) is 10.7. The zero-order valence-electron chi connectivity index (χ0n) is 12.1. The molecule has 0 saturated carbocycles. The third kappa shape index (κ3) is 2.56. The molecule has 3 aromatic rings. The summed E-state index contributed by atoms with van der Waals surface area (Å²) in [6.45, 7) is 0. The highest BCUT2D eigenvalue weighted by Crippen LogP contribution is 2.21. The van der Waals surface area contributed by atoms with E-state index in [2.05, 4.69) is 5.10 Å². The molecule has 0 aromatic carbocycles. The van der Waals surface area contributed by atoms with Crippen LogP contribution in [0.5, 0.6) is 5.88 Å². The van der Waals surface area contributed by atoms with Crippen LogP contribution in [0.2, 0.25) is 0 Å². The highest BCUT2D eigenvalue weighted by molar-refractivity contribution is 5.59. The Morgan fingerprint density at radius 2 is 2.05 bits per heavy atom. The molecule has 0 spiro atoms. The van der Waals surface area contributed by atoms with Gasteiger partial charge < -0.3 is 9.94 Å². The molecule has 0 atom stereocenters. The predicted molar refractivity (Wildman–Crippen MR) is 79.3 cm³/mol. The van der Waals surface area contributed by atoms with E-state index in [1.165, 1.54) is 12.4 Å². The van der Waals surface area contributed by atoms with E-state index < -0.39 is 0 Å². The van der Waals surface area contributed by atoms with Gasteiger partial charge in [0, 0.05) is 24.3 Å². The molecule has 0 aliphatic carbocycles. The van der Waals surface area contributed by atoms with Crippen molar-refractivity contribution in [2.45, 2.75) is 12.8 Å². The highest BCUT2D eigenvalue weighted by Gasteiger charge is 2.10. The van der Waals surface area contributed by atoms with Gasteiger partial charge in [0.25, 0.3) is 0 Å². The van der Waals surface area contributed by atoms with Gasteiger partial charge in [-0.05, 0) is 24.0 Å². The Morgan fingerprint density at radius 1 is 1.27 bits per heavy atom. The van der Waals surface area contributed by atoms with Crippen LogP contribution in [0.25, 0.3) is 5.52 Å². The summed E-state index contributed by atoms with van der Waals surface area (Å²) in [6.07, 6.45) is 4.57. The van der Waals surface area contributed by atoms with Gasteiger partial charge in [-0.3, -0.25) is 0 Å². The van der Waals surface area contributed by atoms with Gasteiger partial charge >= 0.3 is 0 Å². The molecule has 110 valence electrons. The van der Waals surface area contributed by atoms with Gasteiger partial charge in [-0.15, -0.1) is 0 Å². The van der Waals surface area contributed by atoms with Gasteiger partial charge in [-0.2, -0.15) is 19.6 Å². The average Bonchev–Trinajstić information content (AvgIpc) is 2.98. The molecule has 0 aliphatic heterocycles. The third-order valence-electron chi connectivity index (χ3n) is 3.55. The molecule has 0 radical (unpaired) electrons. The summed E-state index contributed by atoms with van der Waals surface area (Å²) in [6, 6.07) is 11.2. The number of ether oxygens (including phenoxy) is 1. The van der Waals surface area contributed by atoms with E-state index in [-0.39, 0.29) is 0 Å². The molecule has 6 heteroatoms. The van der Waals surface area contributed by atoms with Gasteiger partial charge in [0.15, 0.2) is 18.1 Å². The number of nitriles is 1. The lowest BCUT2D eigenvalue weighted by Crippen LogP contribution is -2.23. The van der Waals surface area contributed by atoms with Crippen LogP contribution in [0.3, 0.4) is 0 Å². The summed E-state index contributed by atoms with van der Waals surface area (Å²) in [5.74, 6) is 0.590. The molecule has 0 N–H and O–H groups in total. The minimum Gasteiger partial charge on any atom is -0.619 e. The second kappa shape index (κ2) is 5.74. The summed E-state index contributed by atoms with van der Waals surface area (Å²) >= 11 is 0. The number of aromatic nitrogens is 3. The van der Waals surface area contributed by atoms with Crippen molar-refractivity contribution in [2.75, 3.05) is 7.11 Å². The fraction of sp³-hybridized carbons (Fsp3) is 0.188. The summed E-state index contributed by atoms with van der Waals surface area (Å²) in [4.78, 5) is 0. The molecule has 0 bridgehead atoms. The highest BCUT2D eigenvalue weighted by atomic mass is 16.5. The Kier molecular flexibility index (Phi) is 3.62. The zero-order chi connectivity index (χ0) is 15.5. The maximum absolute atomic E-state index is 11.0. The van der Waals surface area contributed by atoms with E-state index in [1.54, 1.807) is 17.7 Å². The van der Waals surface area contributed by atoms with Crippen molar-refractivity contribution in [1.82, 2.24) is 9.61 Å². The zero-order valence-corrected chi connectivity index (χ0v) is 12.1. The van der Waals surface area contributed by atoms with Gasteiger partial charge in [0.2, 0.25) is 5.88 Å². The molecule has 0 fully saturated rings. The predicted octanol–water partition coefficient (Wildman–Crippen LogP) is 1.63. The van der Waals surface area contributed by atoms with Crippen molar-refractivity contribution in [2.24, 2.45) is 0 Å². The van der Waals surface area contributed by atoms with Crippen molar-refractivity contribution in [3.63, 3.8) is 0 Å². The lowest BCUT2D eigenvalue weighted by molar-refractivity contribution is -0.605. The first kappa shape index (κ1) is 13.9. The monoisotopic (exact) mass is 294 g/mol. The van der Waals surface area contributed by atoms with Gasteiger partial charge in [-0.1, -0.05) is 6.07 Å². The number of pyridine rings is 2. The number of aryl methyl sites for hydroxylation is 2. The van der Waals surface area contributed by atoms with Crippen LogP contribution in [-0.2, 0) is 12.8 Å². The van der Waals surface area contributed by atoms with Crippen molar-refractivity contribution < 1.29 is 9.47 Å². The van der Waals surface area contributed by atoms with Gasteiger partial charge in [0.1, 0.15) is 6.07 Å². The molecule has 0 saturated heterocycles. The first-order valence-electron chi connectivity index (χ1n) is 6.84. The molecule has 0 unspecified atom stereocenters. The molecule has 3 rings (SSSR count). The van der Waals surface area contributed by atoms with E-state index >= 15 is 0 Å². The quantitative estimate of drug-likeness (QED) is 0.541. The Morgan fingerprint density at radius 3 is 2.73 bits per heavy atom. The summed E-state index contributed by atoms with van der Waals surface area (Å²) < 4.78 is 7.68. The Labute approximate surface area is 127 Å². The second-order valence-electron chi connectivity index (χ2n) is 4.91. The van der Waals surface area contributed by atoms with Gasteiger partial charge in [-0.25, -0.2) is 0 Å². The van der Waals surface area contributed by atoms with Crippen molar-refractivity contribution in [3.8, 4) is 11.9 Å². The fourth-order valence-electron chi connectivity index (χ4n) is 2.42. The van der Waals surface area contributed by atoms with Crippen molar-refractivity contribution in [1.29, 1.82) is 5.26 Å². The molecular weight excluding hydrogens is 280 g/mol. The van der Waals surface area contributed by atoms with Crippen LogP contribution >= 0.6 is 0 Å². The van der Waals surface area contributed by atoms with E-state index in [0.29, 0.717) is 11.6 Å². The normalized spacial score (nSPS) is 10.5. The number of hydrogen-bond donors (Lipinski definition) is 0. The summed E-state index contributed by atoms with van der Waals surface area (Å²) in [5.41, 5.74) is 3.39. The average molecular weight is 294 g/mol. The van der Waals surface area contributed by atoms with Crippen LogP contribution in [0.4, 0.5) is 0 Å². The lowest BCUT2D eigenvalue weighted by atomic mass is 10.1. The Balaban J connectivity index is 1.92. The second-order valence-corrected chi connectivity index (χ2v) is 4.91. The van der Waals surface area contributed by atoms with E-state index in [0.717, 1.165) is 34.2 Å². The minimum atomic E-state index is 0.359. The number of fused-ring (bicyclic) bond motifs is 1. The molecule has 0 amide bonds. The fourth-order valence-corrected chi connectivity index (χ4v) is 2.42. The first-order valence-corrected chi connectivity index (χ1v) is 6.84. The smallest absolute Gasteiger partial charge is 0.214 e. The van der Waals surface area contributed by atoms with Gasteiger partial charge in [0.05, 0.1) is 12.6 Å². The number of nitrogens with zero attached hydrogens (tertiary/aromatic N) is 4. The lowest BCUT2D eigenvalue weighted by Gasteiger charge is -2.08. The van der Waals surface area contributed by atoms with E-state index in [1.807, 2.05) is 30.3 Å². The van der Waals surface area contributed by atoms with Crippen LogP contribution in [0, 0.1) is 16.5 Å². The topological polar surface area (TPSA) is 77.3 Å². The molecular formula is C16H14N4O2. The Bertz CT molecular complexity index is 847. The molecule has 22 heavy (non-hydrogen) atoms. The summed E-state index contributed by atoms with van der Waals surface area (Å²) in [7, 11) is 1.57. The van der Waals surface area contributed by atoms with Crippen LogP contribution in [-0.4, -0.2) is 16.7 Å². The SMILES string of the molecule is COc1ccc(CCc2cc[n+]([O-])cc2)c2cc(C#N)nn12. The summed E-state index contributed by atoms with van der Waals surface area (Å²) in [5, 5.41) is 24.3.